The molecule has 154 valence electrons. The fourth-order valence-corrected chi connectivity index (χ4v) is 4.14. The first-order valence-corrected chi connectivity index (χ1v) is 10.4. The molecule has 0 atom stereocenters. The number of rotatable bonds is 5. The van der Waals surface area contributed by atoms with Gasteiger partial charge in [0.25, 0.3) is 5.69 Å². The lowest BCUT2D eigenvalue weighted by molar-refractivity contribution is -0.385. The first-order chi connectivity index (χ1) is 14.5. The highest BCUT2D eigenvalue weighted by molar-refractivity contribution is 7.07. The Kier molecular flexibility index (Phi) is 5.76. The van der Waals surface area contributed by atoms with Gasteiger partial charge in [0.15, 0.2) is 11.5 Å². The lowest BCUT2D eigenvalue weighted by Crippen LogP contribution is -2.12. The van der Waals surface area contributed by atoms with E-state index in [4.69, 9.17) is 32.7 Å². The van der Waals surface area contributed by atoms with E-state index < -0.39 is 4.92 Å². The second-order valence-corrected chi connectivity index (χ2v) is 7.76. The molecule has 1 aliphatic rings. The number of hydrogen-bond acceptors (Lipinski definition) is 7. The molecular weight excluding hydrogens is 451 g/mol. The third kappa shape index (κ3) is 3.91. The number of aromatic nitrogens is 1. The zero-order chi connectivity index (χ0) is 21.3. The van der Waals surface area contributed by atoms with E-state index in [1.54, 1.807) is 22.9 Å². The van der Waals surface area contributed by atoms with Crippen LogP contribution < -0.4 is 14.3 Å². The molecule has 3 aromatic rings. The largest absolute Gasteiger partial charge is 0.454 e. The molecule has 2 heterocycles. The summed E-state index contributed by atoms with van der Waals surface area (Å²) >= 11 is 13.9. The molecule has 0 spiro atoms. The normalized spacial score (nSPS) is 13.4. The van der Waals surface area contributed by atoms with Gasteiger partial charge in [-0.1, -0.05) is 23.2 Å². The molecule has 0 saturated heterocycles. The van der Waals surface area contributed by atoms with Crippen molar-refractivity contribution in [1.82, 2.24) is 4.68 Å². The summed E-state index contributed by atoms with van der Waals surface area (Å²) in [6, 6.07) is 7.98. The van der Waals surface area contributed by atoms with Crippen LogP contribution in [-0.2, 0) is 0 Å². The number of benzene rings is 2. The molecule has 0 fully saturated rings. The summed E-state index contributed by atoms with van der Waals surface area (Å²) in [4.78, 5) is 16.1. The number of nitrogens with zero attached hydrogens (tertiary/aromatic N) is 4. The highest BCUT2D eigenvalue weighted by Gasteiger charge is 2.22. The smallest absolute Gasteiger partial charge is 0.282 e. The van der Waals surface area contributed by atoms with Gasteiger partial charge >= 0.3 is 0 Å². The van der Waals surface area contributed by atoms with Gasteiger partial charge in [0.05, 0.1) is 33.5 Å². The van der Waals surface area contributed by atoms with Crippen LogP contribution in [0.2, 0.25) is 10.0 Å². The summed E-state index contributed by atoms with van der Waals surface area (Å²) in [5, 5.41) is 18.9. The fraction of sp³-hybridized carbons (Fsp3) is 0.158. The lowest BCUT2D eigenvalue weighted by Gasteiger charge is -2.06. The van der Waals surface area contributed by atoms with Crippen molar-refractivity contribution >= 4 is 46.4 Å². The molecule has 8 nitrogen and oxygen atoms in total. The monoisotopic (exact) mass is 464 g/mol. The number of nitro groups is 1. The van der Waals surface area contributed by atoms with E-state index in [1.807, 2.05) is 12.3 Å². The van der Waals surface area contributed by atoms with Crippen LogP contribution in [0.15, 0.2) is 45.8 Å². The van der Waals surface area contributed by atoms with Gasteiger partial charge in [0.1, 0.15) is 0 Å². The first kappa shape index (κ1) is 20.4. The first-order valence-electron chi connectivity index (χ1n) is 8.76. The number of fused-ring (bicyclic) bond motifs is 1. The summed E-state index contributed by atoms with van der Waals surface area (Å²) in [5.41, 5.74) is 1.47. The van der Waals surface area contributed by atoms with Gasteiger partial charge < -0.3 is 9.47 Å². The fourth-order valence-electron chi connectivity index (χ4n) is 2.86. The molecule has 0 aliphatic carbocycles. The Balaban J connectivity index is 1.85. The van der Waals surface area contributed by atoms with Gasteiger partial charge in [-0.25, -0.2) is 4.68 Å². The van der Waals surface area contributed by atoms with E-state index in [2.05, 4.69) is 10.1 Å². The van der Waals surface area contributed by atoms with Gasteiger partial charge in [0, 0.05) is 22.5 Å². The third-order valence-electron chi connectivity index (χ3n) is 4.21. The van der Waals surface area contributed by atoms with E-state index >= 15 is 0 Å². The summed E-state index contributed by atoms with van der Waals surface area (Å²) in [6.07, 6.45) is 1.39. The SMILES string of the molecule is CCN=c1scc(-c2cc(Cl)ccc2Cl)n1N=Cc1cc2c(cc1[N+](=O)[O-])OCO2. The second-order valence-electron chi connectivity index (χ2n) is 6.08. The minimum Gasteiger partial charge on any atom is -0.454 e. The number of nitro benzene ring substituents is 1. The Morgan fingerprint density at radius 3 is 2.77 bits per heavy atom. The summed E-state index contributed by atoms with van der Waals surface area (Å²) in [7, 11) is 0. The highest BCUT2D eigenvalue weighted by atomic mass is 35.5. The Morgan fingerprint density at radius 1 is 1.27 bits per heavy atom. The van der Waals surface area contributed by atoms with Crippen LogP contribution in [0, 0.1) is 10.1 Å². The van der Waals surface area contributed by atoms with Crippen LogP contribution in [0.25, 0.3) is 11.3 Å². The average molecular weight is 465 g/mol. The Labute approximate surface area is 184 Å². The van der Waals surface area contributed by atoms with Crippen molar-refractivity contribution in [2.24, 2.45) is 10.1 Å². The lowest BCUT2D eigenvalue weighted by atomic mass is 10.1. The van der Waals surface area contributed by atoms with Crippen molar-refractivity contribution < 1.29 is 14.4 Å². The Morgan fingerprint density at radius 2 is 2.03 bits per heavy atom. The van der Waals surface area contributed by atoms with Crippen LogP contribution in [0.1, 0.15) is 12.5 Å². The van der Waals surface area contributed by atoms with Crippen molar-refractivity contribution in [1.29, 1.82) is 0 Å². The molecule has 0 amide bonds. The molecule has 0 bridgehead atoms. The topological polar surface area (TPSA) is 91.2 Å². The van der Waals surface area contributed by atoms with E-state index in [0.29, 0.717) is 44.1 Å². The number of hydrogen-bond donors (Lipinski definition) is 0. The zero-order valence-electron chi connectivity index (χ0n) is 15.5. The minimum absolute atomic E-state index is 0.0172. The Bertz CT molecular complexity index is 1240. The van der Waals surface area contributed by atoms with Crippen LogP contribution in [0.4, 0.5) is 5.69 Å². The maximum absolute atomic E-state index is 11.5. The van der Waals surface area contributed by atoms with Crippen LogP contribution in [0.5, 0.6) is 11.5 Å². The predicted molar refractivity (Wildman–Crippen MR) is 116 cm³/mol. The van der Waals surface area contributed by atoms with Crippen LogP contribution in [-0.4, -0.2) is 29.2 Å². The van der Waals surface area contributed by atoms with Crippen molar-refractivity contribution in [2.45, 2.75) is 6.92 Å². The molecule has 0 saturated carbocycles. The maximum atomic E-state index is 11.5. The molecule has 1 aliphatic heterocycles. The maximum Gasteiger partial charge on any atom is 0.282 e. The van der Waals surface area contributed by atoms with Gasteiger partial charge in [0.2, 0.25) is 11.6 Å². The Hall–Kier alpha value is -2.88. The molecule has 0 unspecified atom stereocenters. The zero-order valence-corrected chi connectivity index (χ0v) is 17.9. The van der Waals surface area contributed by atoms with Crippen molar-refractivity contribution in [3.8, 4) is 22.8 Å². The summed E-state index contributed by atoms with van der Waals surface area (Å²) in [5.74, 6) is 0.754. The second kappa shape index (κ2) is 8.47. The van der Waals surface area contributed by atoms with E-state index in [-0.39, 0.29) is 18.0 Å². The highest BCUT2D eigenvalue weighted by Crippen LogP contribution is 2.37. The molecule has 0 N–H and O–H groups in total. The standard InChI is InChI=1S/C19H14Cl2N4O4S/c1-2-22-19-24(16(9-30-19)13-6-12(20)3-4-14(13)21)23-8-11-5-17-18(29-10-28-17)7-15(11)25(26)27/h3-9H,2,10H2,1H3. The number of halogens is 2. The van der Waals surface area contributed by atoms with Crippen molar-refractivity contribution in [3.05, 3.63) is 66.2 Å². The summed E-state index contributed by atoms with van der Waals surface area (Å²) in [6.45, 7) is 2.47. The van der Waals surface area contributed by atoms with E-state index in [1.165, 1.54) is 29.7 Å². The number of ether oxygens (including phenoxy) is 2. The predicted octanol–water partition coefficient (Wildman–Crippen LogP) is 4.96. The molecule has 0 radical (unpaired) electrons. The van der Waals surface area contributed by atoms with E-state index in [0.717, 1.165) is 0 Å². The van der Waals surface area contributed by atoms with Crippen molar-refractivity contribution in [2.75, 3.05) is 13.3 Å². The molecule has 30 heavy (non-hydrogen) atoms. The van der Waals surface area contributed by atoms with Gasteiger partial charge in [-0.3, -0.25) is 15.1 Å². The van der Waals surface area contributed by atoms with Crippen molar-refractivity contribution in [3.63, 3.8) is 0 Å². The van der Waals surface area contributed by atoms with Crippen LogP contribution in [0.3, 0.4) is 0 Å². The van der Waals surface area contributed by atoms with Gasteiger partial charge in [-0.2, -0.15) is 5.10 Å². The van der Waals surface area contributed by atoms with E-state index in [9.17, 15) is 10.1 Å². The molecule has 1 aromatic heterocycles. The molecular formula is C19H14Cl2N4O4S. The van der Waals surface area contributed by atoms with Crippen LogP contribution >= 0.6 is 34.5 Å². The average Bonchev–Trinajstić information content (AvgIpc) is 3.34. The number of thiazole rings is 1. The van der Waals surface area contributed by atoms with Gasteiger partial charge in [-0.05, 0) is 31.2 Å². The third-order valence-corrected chi connectivity index (χ3v) is 5.63. The minimum atomic E-state index is -0.492. The molecule has 11 heteroatoms. The quantitative estimate of drug-likeness (QED) is 0.303. The molecule has 2 aromatic carbocycles. The van der Waals surface area contributed by atoms with Gasteiger partial charge in [-0.15, -0.1) is 11.3 Å². The molecule has 4 rings (SSSR count). The summed E-state index contributed by atoms with van der Waals surface area (Å²) < 4.78 is 12.1.